The molecule has 96 valence electrons. The summed E-state index contributed by atoms with van der Waals surface area (Å²) in [5.74, 6) is 0. The third-order valence-corrected chi connectivity index (χ3v) is 3.41. The molecule has 0 aliphatic heterocycles. The lowest BCUT2D eigenvalue weighted by molar-refractivity contribution is 1.19. The van der Waals surface area contributed by atoms with Gasteiger partial charge >= 0.3 is 0 Å². The summed E-state index contributed by atoms with van der Waals surface area (Å²) in [6.07, 6.45) is 3.77. The molecule has 0 radical (unpaired) electrons. The Morgan fingerprint density at radius 3 is 2.68 bits per heavy atom. The third kappa shape index (κ3) is 2.06. The molecule has 0 unspecified atom stereocenters. The van der Waals surface area contributed by atoms with Gasteiger partial charge in [0.15, 0.2) is 5.65 Å². The topological polar surface area (TPSA) is 43.3 Å². The number of rotatable bonds is 1. The number of aryl methyl sites for hydroxylation is 2. The van der Waals surface area contributed by atoms with Gasteiger partial charge in [-0.2, -0.15) is 0 Å². The minimum Gasteiger partial charge on any atom is -0.396 e. The van der Waals surface area contributed by atoms with Crippen molar-refractivity contribution in [2.75, 3.05) is 5.73 Å². The molecule has 0 aliphatic rings. The van der Waals surface area contributed by atoms with Crippen molar-refractivity contribution in [2.45, 2.75) is 13.8 Å². The first-order chi connectivity index (χ1) is 9.04. The van der Waals surface area contributed by atoms with E-state index in [9.17, 15) is 0 Å². The van der Waals surface area contributed by atoms with E-state index in [2.05, 4.69) is 37.0 Å². The molecule has 0 saturated carbocycles. The maximum absolute atomic E-state index is 6.00. The Morgan fingerprint density at radius 2 is 1.95 bits per heavy atom. The number of benzene rings is 1. The number of nitrogen functional groups attached to an aromatic ring is 1. The first kappa shape index (κ1) is 12.1. The SMILES string of the molecule is Cc1ccc(-c2cn3cc(Cl)cc(N)c3n2)c(C)c1. The zero-order valence-electron chi connectivity index (χ0n) is 10.8. The molecule has 1 aromatic carbocycles. The molecule has 0 amide bonds. The summed E-state index contributed by atoms with van der Waals surface area (Å²) in [6, 6.07) is 8.04. The molecule has 2 heterocycles. The number of hydrogen-bond acceptors (Lipinski definition) is 2. The van der Waals surface area contributed by atoms with Crippen molar-refractivity contribution in [2.24, 2.45) is 0 Å². The van der Waals surface area contributed by atoms with Crippen molar-refractivity contribution >= 4 is 22.9 Å². The number of fused-ring (bicyclic) bond motifs is 1. The number of halogens is 1. The summed E-state index contributed by atoms with van der Waals surface area (Å²) >= 11 is 6.00. The fraction of sp³-hybridized carbons (Fsp3) is 0.133. The maximum atomic E-state index is 6.00. The van der Waals surface area contributed by atoms with Gasteiger partial charge in [0, 0.05) is 18.0 Å². The van der Waals surface area contributed by atoms with Crippen molar-refractivity contribution in [1.82, 2.24) is 9.38 Å². The standard InChI is InChI=1S/C15H14ClN3/c1-9-3-4-12(10(2)5-9)14-8-19-7-11(16)6-13(17)15(19)18-14/h3-8H,17H2,1-2H3. The number of pyridine rings is 1. The second-order valence-electron chi connectivity index (χ2n) is 4.79. The fourth-order valence-corrected chi connectivity index (χ4v) is 2.54. The largest absolute Gasteiger partial charge is 0.396 e. The second-order valence-corrected chi connectivity index (χ2v) is 5.23. The number of hydrogen-bond donors (Lipinski definition) is 1. The van der Waals surface area contributed by atoms with Crippen LogP contribution in [-0.4, -0.2) is 9.38 Å². The van der Waals surface area contributed by atoms with Crippen LogP contribution in [0.25, 0.3) is 16.9 Å². The monoisotopic (exact) mass is 271 g/mol. The molecule has 0 fully saturated rings. The van der Waals surface area contributed by atoms with Crippen LogP contribution >= 0.6 is 11.6 Å². The van der Waals surface area contributed by atoms with Crippen molar-refractivity contribution in [3.63, 3.8) is 0 Å². The van der Waals surface area contributed by atoms with E-state index in [-0.39, 0.29) is 0 Å². The fourth-order valence-electron chi connectivity index (χ4n) is 2.32. The van der Waals surface area contributed by atoms with E-state index in [1.807, 2.05) is 16.8 Å². The average molecular weight is 272 g/mol. The number of nitrogens with two attached hydrogens (primary N) is 1. The zero-order valence-corrected chi connectivity index (χ0v) is 11.6. The van der Waals surface area contributed by atoms with E-state index in [0.717, 1.165) is 16.9 Å². The summed E-state index contributed by atoms with van der Waals surface area (Å²) in [6.45, 7) is 4.17. The van der Waals surface area contributed by atoms with Gasteiger partial charge in [-0.15, -0.1) is 0 Å². The third-order valence-electron chi connectivity index (χ3n) is 3.20. The van der Waals surface area contributed by atoms with Crippen LogP contribution in [0.3, 0.4) is 0 Å². The number of aromatic nitrogens is 2. The number of nitrogens with zero attached hydrogens (tertiary/aromatic N) is 2. The van der Waals surface area contributed by atoms with Crippen molar-refractivity contribution < 1.29 is 0 Å². The normalized spacial score (nSPS) is 11.1. The Balaban J connectivity index is 2.23. The van der Waals surface area contributed by atoms with Crippen LogP contribution in [0.15, 0.2) is 36.7 Å². The lowest BCUT2D eigenvalue weighted by Gasteiger charge is -2.02. The van der Waals surface area contributed by atoms with Gasteiger partial charge in [-0.1, -0.05) is 35.4 Å². The first-order valence-electron chi connectivity index (χ1n) is 6.06. The quantitative estimate of drug-likeness (QED) is 0.730. The molecule has 2 aromatic heterocycles. The Bertz CT molecular complexity index is 774. The lowest BCUT2D eigenvalue weighted by atomic mass is 10.0. The van der Waals surface area contributed by atoms with Gasteiger partial charge in [-0.25, -0.2) is 4.98 Å². The van der Waals surface area contributed by atoms with E-state index in [1.54, 1.807) is 6.07 Å². The first-order valence-corrected chi connectivity index (χ1v) is 6.44. The predicted molar refractivity (Wildman–Crippen MR) is 79.5 cm³/mol. The summed E-state index contributed by atoms with van der Waals surface area (Å²) in [5.41, 5.74) is 11.7. The molecular weight excluding hydrogens is 258 g/mol. The van der Waals surface area contributed by atoms with Crippen molar-refractivity contribution in [3.05, 3.63) is 52.8 Å². The summed E-state index contributed by atoms with van der Waals surface area (Å²) < 4.78 is 1.87. The molecule has 0 bridgehead atoms. The second kappa shape index (κ2) is 4.28. The van der Waals surface area contributed by atoms with Gasteiger partial charge < -0.3 is 10.1 Å². The molecule has 3 aromatic rings. The van der Waals surface area contributed by atoms with E-state index in [1.165, 1.54) is 11.1 Å². The Kier molecular flexibility index (Phi) is 2.72. The average Bonchev–Trinajstić information content (AvgIpc) is 2.72. The van der Waals surface area contributed by atoms with E-state index >= 15 is 0 Å². The highest BCUT2D eigenvalue weighted by molar-refractivity contribution is 6.30. The molecule has 0 spiro atoms. The van der Waals surface area contributed by atoms with E-state index in [4.69, 9.17) is 17.3 Å². The summed E-state index contributed by atoms with van der Waals surface area (Å²) in [7, 11) is 0. The van der Waals surface area contributed by atoms with Gasteiger partial charge in [-0.05, 0) is 25.5 Å². The minimum absolute atomic E-state index is 0.587. The summed E-state index contributed by atoms with van der Waals surface area (Å²) in [4.78, 5) is 4.59. The maximum Gasteiger partial charge on any atom is 0.160 e. The molecule has 0 saturated heterocycles. The molecule has 0 atom stereocenters. The molecule has 3 rings (SSSR count). The van der Waals surface area contributed by atoms with Crippen LogP contribution in [0.1, 0.15) is 11.1 Å². The highest BCUT2D eigenvalue weighted by Crippen LogP contribution is 2.26. The van der Waals surface area contributed by atoms with Crippen LogP contribution in [0.4, 0.5) is 5.69 Å². The lowest BCUT2D eigenvalue weighted by Crippen LogP contribution is -1.91. The van der Waals surface area contributed by atoms with Gasteiger partial charge in [-0.3, -0.25) is 0 Å². The summed E-state index contributed by atoms with van der Waals surface area (Å²) in [5, 5.41) is 0.606. The van der Waals surface area contributed by atoms with Crippen molar-refractivity contribution in [1.29, 1.82) is 0 Å². The molecule has 0 aliphatic carbocycles. The Hall–Kier alpha value is -2.00. The Morgan fingerprint density at radius 1 is 1.16 bits per heavy atom. The van der Waals surface area contributed by atoms with Gasteiger partial charge in [0.25, 0.3) is 0 Å². The molecular formula is C15H14ClN3. The highest BCUT2D eigenvalue weighted by Gasteiger charge is 2.09. The van der Waals surface area contributed by atoms with E-state index in [0.29, 0.717) is 10.7 Å². The van der Waals surface area contributed by atoms with Crippen molar-refractivity contribution in [3.8, 4) is 11.3 Å². The smallest absolute Gasteiger partial charge is 0.160 e. The molecule has 19 heavy (non-hydrogen) atoms. The zero-order chi connectivity index (χ0) is 13.6. The molecule has 3 nitrogen and oxygen atoms in total. The highest BCUT2D eigenvalue weighted by atomic mass is 35.5. The Labute approximate surface area is 116 Å². The van der Waals surface area contributed by atoms with Gasteiger partial charge in [0.2, 0.25) is 0 Å². The molecule has 2 N–H and O–H groups in total. The molecule has 4 heteroatoms. The predicted octanol–water partition coefficient (Wildman–Crippen LogP) is 3.85. The van der Waals surface area contributed by atoms with Gasteiger partial charge in [0.05, 0.1) is 16.4 Å². The van der Waals surface area contributed by atoms with E-state index < -0.39 is 0 Å². The van der Waals surface area contributed by atoms with Crippen LogP contribution in [0.2, 0.25) is 5.02 Å². The van der Waals surface area contributed by atoms with Crippen LogP contribution in [0, 0.1) is 13.8 Å². The van der Waals surface area contributed by atoms with Crippen LogP contribution in [0.5, 0.6) is 0 Å². The van der Waals surface area contributed by atoms with Crippen LogP contribution < -0.4 is 5.73 Å². The minimum atomic E-state index is 0.587. The van der Waals surface area contributed by atoms with Crippen LogP contribution in [-0.2, 0) is 0 Å². The number of imidazole rings is 1. The number of anilines is 1. The van der Waals surface area contributed by atoms with Gasteiger partial charge in [0.1, 0.15) is 0 Å².